The first-order chi connectivity index (χ1) is 9.49. The van der Waals surface area contributed by atoms with Gasteiger partial charge < -0.3 is 10.5 Å². The molecule has 0 aromatic heterocycles. The van der Waals surface area contributed by atoms with Crippen molar-refractivity contribution in [2.45, 2.75) is 6.61 Å². The highest BCUT2D eigenvalue weighted by Gasteiger charge is 2.12. The molecule has 6 heteroatoms. The Morgan fingerprint density at radius 1 is 1.25 bits per heavy atom. The summed E-state index contributed by atoms with van der Waals surface area (Å²) in [5.41, 5.74) is 5.72. The van der Waals surface area contributed by atoms with Crippen molar-refractivity contribution in [2.75, 3.05) is 0 Å². The van der Waals surface area contributed by atoms with E-state index in [0.717, 1.165) is 18.2 Å². The maximum atomic E-state index is 13.5. The van der Waals surface area contributed by atoms with Gasteiger partial charge in [-0.05, 0) is 30.3 Å². The van der Waals surface area contributed by atoms with Crippen LogP contribution in [0.5, 0.6) is 5.75 Å². The molecule has 0 saturated heterocycles. The summed E-state index contributed by atoms with van der Waals surface area (Å²) >= 11 is 5.93. The van der Waals surface area contributed by atoms with Crippen LogP contribution >= 0.6 is 11.6 Å². The van der Waals surface area contributed by atoms with Crippen LogP contribution in [0.15, 0.2) is 36.4 Å². The van der Waals surface area contributed by atoms with Crippen LogP contribution in [-0.4, -0.2) is 5.84 Å². The molecule has 0 aliphatic heterocycles. The molecule has 0 atom stereocenters. The molecule has 0 amide bonds. The highest BCUT2D eigenvalue weighted by molar-refractivity contribution is 6.34. The Morgan fingerprint density at radius 3 is 2.70 bits per heavy atom. The molecule has 0 unspecified atom stereocenters. The highest BCUT2D eigenvalue weighted by atomic mass is 35.5. The molecule has 0 heterocycles. The fourth-order valence-electron chi connectivity index (χ4n) is 1.70. The van der Waals surface area contributed by atoms with E-state index in [2.05, 4.69) is 0 Å². The second kappa shape index (κ2) is 5.88. The number of hydrogen-bond acceptors (Lipinski definition) is 2. The van der Waals surface area contributed by atoms with E-state index in [4.69, 9.17) is 27.5 Å². The zero-order valence-electron chi connectivity index (χ0n) is 10.3. The topological polar surface area (TPSA) is 59.1 Å². The molecule has 3 N–H and O–H groups in total. The van der Waals surface area contributed by atoms with Gasteiger partial charge in [0.15, 0.2) is 0 Å². The molecular weight excluding hydrogens is 286 g/mol. The predicted octanol–water partition coefficient (Wildman–Crippen LogP) is 3.48. The smallest absolute Gasteiger partial charge is 0.132 e. The first-order valence-electron chi connectivity index (χ1n) is 5.68. The third kappa shape index (κ3) is 3.05. The summed E-state index contributed by atoms with van der Waals surface area (Å²) in [7, 11) is 0. The second-order valence-electron chi connectivity index (χ2n) is 4.05. The summed E-state index contributed by atoms with van der Waals surface area (Å²) in [6.45, 7) is -0.190. The summed E-state index contributed by atoms with van der Waals surface area (Å²) < 4.78 is 31.9. The largest absolute Gasteiger partial charge is 0.488 e. The van der Waals surface area contributed by atoms with Gasteiger partial charge in [-0.2, -0.15) is 0 Å². The molecule has 0 aliphatic rings. The van der Waals surface area contributed by atoms with Crippen LogP contribution in [0.4, 0.5) is 8.78 Å². The monoisotopic (exact) mass is 296 g/mol. The molecule has 0 fully saturated rings. The van der Waals surface area contributed by atoms with Crippen molar-refractivity contribution < 1.29 is 13.5 Å². The van der Waals surface area contributed by atoms with Crippen molar-refractivity contribution in [2.24, 2.45) is 5.73 Å². The van der Waals surface area contributed by atoms with Crippen molar-refractivity contribution in [3.05, 3.63) is 64.2 Å². The number of halogens is 3. The lowest BCUT2D eigenvalue weighted by atomic mass is 10.1. The Balaban J connectivity index is 2.25. The molecule has 0 radical (unpaired) electrons. The molecule has 104 valence electrons. The van der Waals surface area contributed by atoms with E-state index in [1.54, 1.807) is 18.2 Å². The molecule has 2 rings (SSSR count). The highest BCUT2D eigenvalue weighted by Crippen LogP contribution is 2.26. The lowest BCUT2D eigenvalue weighted by Crippen LogP contribution is -2.14. The average Bonchev–Trinajstić information content (AvgIpc) is 2.39. The Labute approximate surface area is 119 Å². The van der Waals surface area contributed by atoms with Crippen LogP contribution in [0.3, 0.4) is 0 Å². The van der Waals surface area contributed by atoms with Crippen LogP contribution in [0.2, 0.25) is 5.02 Å². The second-order valence-corrected chi connectivity index (χ2v) is 4.46. The summed E-state index contributed by atoms with van der Waals surface area (Å²) in [6, 6.07) is 7.84. The number of hydrogen-bond donors (Lipinski definition) is 2. The quantitative estimate of drug-likeness (QED) is 0.670. The lowest BCUT2D eigenvalue weighted by molar-refractivity contribution is 0.298. The van der Waals surface area contributed by atoms with Gasteiger partial charge in [-0.3, -0.25) is 5.41 Å². The molecule has 3 nitrogen and oxygen atoms in total. The molecule has 0 saturated carbocycles. The normalized spacial score (nSPS) is 10.3. The molecular formula is C14H11ClF2N2O. The first-order valence-corrected chi connectivity index (χ1v) is 6.06. The van der Waals surface area contributed by atoms with Crippen LogP contribution in [0, 0.1) is 17.0 Å². The fourth-order valence-corrected chi connectivity index (χ4v) is 1.96. The van der Waals surface area contributed by atoms with E-state index >= 15 is 0 Å². The van der Waals surface area contributed by atoms with Gasteiger partial charge in [0.2, 0.25) is 0 Å². The van der Waals surface area contributed by atoms with Gasteiger partial charge in [0, 0.05) is 5.56 Å². The summed E-state index contributed by atoms with van der Waals surface area (Å²) in [4.78, 5) is 0. The lowest BCUT2D eigenvalue weighted by Gasteiger charge is -2.12. The number of rotatable bonds is 4. The molecule has 2 aromatic carbocycles. The van der Waals surface area contributed by atoms with E-state index < -0.39 is 11.6 Å². The minimum Gasteiger partial charge on any atom is -0.488 e. The number of nitrogen functional groups attached to an aromatic ring is 1. The molecule has 20 heavy (non-hydrogen) atoms. The number of ether oxygens (including phenoxy) is 1. The van der Waals surface area contributed by atoms with E-state index in [-0.39, 0.29) is 34.3 Å². The Kier molecular flexibility index (Phi) is 4.20. The van der Waals surface area contributed by atoms with E-state index in [1.165, 1.54) is 0 Å². The van der Waals surface area contributed by atoms with Crippen LogP contribution in [0.25, 0.3) is 0 Å². The van der Waals surface area contributed by atoms with E-state index in [0.29, 0.717) is 0 Å². The van der Waals surface area contributed by atoms with E-state index in [1.807, 2.05) is 0 Å². The number of nitrogens with one attached hydrogen (secondary N) is 1. The van der Waals surface area contributed by atoms with Crippen LogP contribution < -0.4 is 10.5 Å². The summed E-state index contributed by atoms with van der Waals surface area (Å²) in [5.74, 6) is -1.14. The van der Waals surface area contributed by atoms with Gasteiger partial charge in [0.1, 0.15) is 29.8 Å². The number of nitrogens with two attached hydrogens (primary N) is 1. The molecule has 2 aromatic rings. The summed E-state index contributed by atoms with van der Waals surface area (Å²) in [5, 5.41) is 7.71. The number of benzene rings is 2. The first kappa shape index (κ1) is 14.3. The van der Waals surface area contributed by atoms with Crippen molar-refractivity contribution in [1.82, 2.24) is 0 Å². The third-order valence-corrected chi connectivity index (χ3v) is 2.95. The molecule has 0 spiro atoms. The van der Waals surface area contributed by atoms with Gasteiger partial charge in [-0.1, -0.05) is 17.7 Å². The van der Waals surface area contributed by atoms with Crippen LogP contribution in [0.1, 0.15) is 11.1 Å². The zero-order chi connectivity index (χ0) is 14.7. The SMILES string of the molecule is N=C(N)c1c(Cl)cccc1OCc1cc(F)ccc1F. The third-order valence-electron chi connectivity index (χ3n) is 2.64. The van der Waals surface area contributed by atoms with Gasteiger partial charge >= 0.3 is 0 Å². The zero-order valence-corrected chi connectivity index (χ0v) is 11.0. The molecule has 0 aliphatic carbocycles. The standard InChI is InChI=1S/C14H11ClF2N2O/c15-10-2-1-3-12(13(10)14(18)19)20-7-8-6-9(16)4-5-11(8)17/h1-6H,7H2,(H3,18,19). The van der Waals surface area contributed by atoms with Gasteiger partial charge in [0.05, 0.1) is 10.6 Å². The predicted molar refractivity (Wildman–Crippen MR) is 73.2 cm³/mol. The number of amidine groups is 1. The Morgan fingerprint density at radius 2 is 2.00 bits per heavy atom. The summed E-state index contributed by atoms with van der Waals surface area (Å²) in [6.07, 6.45) is 0. The van der Waals surface area contributed by atoms with Gasteiger partial charge in [-0.15, -0.1) is 0 Å². The van der Waals surface area contributed by atoms with Crippen molar-refractivity contribution >= 4 is 17.4 Å². The van der Waals surface area contributed by atoms with Crippen molar-refractivity contribution in [3.8, 4) is 5.75 Å². The minimum atomic E-state index is -0.571. The fraction of sp³-hybridized carbons (Fsp3) is 0.0714. The van der Waals surface area contributed by atoms with Gasteiger partial charge in [-0.25, -0.2) is 8.78 Å². The van der Waals surface area contributed by atoms with E-state index in [9.17, 15) is 8.78 Å². The maximum absolute atomic E-state index is 13.5. The Bertz CT molecular complexity index is 662. The Hall–Kier alpha value is -2.14. The van der Waals surface area contributed by atoms with Crippen molar-refractivity contribution in [3.63, 3.8) is 0 Å². The average molecular weight is 297 g/mol. The van der Waals surface area contributed by atoms with Crippen molar-refractivity contribution in [1.29, 1.82) is 5.41 Å². The van der Waals surface area contributed by atoms with Crippen LogP contribution in [-0.2, 0) is 6.61 Å². The minimum absolute atomic E-state index is 0.0690. The van der Waals surface area contributed by atoms with Gasteiger partial charge in [0.25, 0.3) is 0 Å². The maximum Gasteiger partial charge on any atom is 0.132 e. The molecule has 0 bridgehead atoms.